The Morgan fingerprint density at radius 3 is 2.76 bits per heavy atom. The second-order valence-electron chi connectivity index (χ2n) is 4.48. The summed E-state index contributed by atoms with van der Waals surface area (Å²) in [6, 6.07) is 9.33. The molecule has 2 aromatic carbocycles. The minimum Gasteiger partial charge on any atom is -0.324 e. The Balaban J connectivity index is 1.79. The molecule has 0 spiro atoms. The number of benzene rings is 2. The van der Waals surface area contributed by atoms with Crippen molar-refractivity contribution in [1.29, 1.82) is 0 Å². The molecule has 0 fully saturated rings. The van der Waals surface area contributed by atoms with Crippen molar-refractivity contribution in [1.82, 2.24) is 4.98 Å². The third-order valence-electron chi connectivity index (χ3n) is 2.99. The summed E-state index contributed by atoms with van der Waals surface area (Å²) in [5.74, 6) is -0.484. The molecule has 1 heterocycles. The first-order valence-electron chi connectivity index (χ1n) is 6.19. The summed E-state index contributed by atoms with van der Waals surface area (Å²) >= 11 is 7.47. The molecule has 1 aromatic heterocycles. The molecule has 3 rings (SSSR count). The van der Waals surface area contributed by atoms with E-state index in [-0.39, 0.29) is 18.1 Å². The topological polar surface area (TPSA) is 42.0 Å². The van der Waals surface area contributed by atoms with Gasteiger partial charge in [0.15, 0.2) is 0 Å². The molecule has 0 radical (unpaired) electrons. The van der Waals surface area contributed by atoms with E-state index in [0.29, 0.717) is 16.2 Å². The monoisotopic (exact) mass is 320 g/mol. The third kappa shape index (κ3) is 3.04. The summed E-state index contributed by atoms with van der Waals surface area (Å²) in [7, 11) is 0. The predicted octanol–water partition coefficient (Wildman–Crippen LogP) is 4.27. The molecule has 0 aliphatic rings. The number of thiazole rings is 1. The summed E-state index contributed by atoms with van der Waals surface area (Å²) in [6.45, 7) is 0. The van der Waals surface area contributed by atoms with Gasteiger partial charge in [0, 0.05) is 0 Å². The van der Waals surface area contributed by atoms with E-state index in [1.54, 1.807) is 29.8 Å². The lowest BCUT2D eigenvalue weighted by Gasteiger charge is -2.07. The van der Waals surface area contributed by atoms with E-state index in [9.17, 15) is 9.18 Å². The molecule has 106 valence electrons. The highest BCUT2D eigenvalue weighted by atomic mass is 35.5. The van der Waals surface area contributed by atoms with E-state index < -0.39 is 0 Å². The van der Waals surface area contributed by atoms with Crippen LogP contribution in [0, 0.1) is 5.82 Å². The maximum absolute atomic E-state index is 12.8. The minimum absolute atomic E-state index is 0.168. The predicted molar refractivity (Wildman–Crippen MR) is 83.4 cm³/mol. The number of fused-ring (bicyclic) bond motifs is 1. The van der Waals surface area contributed by atoms with Crippen LogP contribution in [0.4, 0.5) is 10.1 Å². The first-order valence-corrected chi connectivity index (χ1v) is 7.45. The molecule has 1 N–H and O–H groups in total. The van der Waals surface area contributed by atoms with Crippen LogP contribution >= 0.6 is 22.9 Å². The van der Waals surface area contributed by atoms with Crippen LogP contribution in [-0.4, -0.2) is 10.9 Å². The van der Waals surface area contributed by atoms with Gasteiger partial charge in [-0.15, -0.1) is 11.3 Å². The van der Waals surface area contributed by atoms with Gasteiger partial charge < -0.3 is 5.32 Å². The Hall–Kier alpha value is -1.98. The zero-order chi connectivity index (χ0) is 14.8. The summed E-state index contributed by atoms with van der Waals surface area (Å²) in [5, 5.41) is 3.40. The molecule has 21 heavy (non-hydrogen) atoms. The lowest BCUT2D eigenvalue weighted by Crippen LogP contribution is -2.14. The lowest BCUT2D eigenvalue weighted by molar-refractivity contribution is -0.115. The van der Waals surface area contributed by atoms with Crippen LogP contribution < -0.4 is 5.32 Å². The molecule has 6 heteroatoms. The summed E-state index contributed by atoms with van der Waals surface area (Å²) in [5.41, 5.74) is 3.81. The number of amides is 1. The summed E-state index contributed by atoms with van der Waals surface area (Å²) < 4.78 is 13.7. The fourth-order valence-corrected chi connectivity index (χ4v) is 3.05. The van der Waals surface area contributed by atoms with Gasteiger partial charge in [0.25, 0.3) is 0 Å². The second kappa shape index (κ2) is 5.79. The Morgan fingerprint density at radius 1 is 1.24 bits per heavy atom. The van der Waals surface area contributed by atoms with E-state index >= 15 is 0 Å². The normalized spacial score (nSPS) is 10.8. The number of carbonyl (C=O) groups excluding carboxylic acids is 1. The van der Waals surface area contributed by atoms with Crippen LogP contribution in [0.3, 0.4) is 0 Å². The van der Waals surface area contributed by atoms with E-state index in [1.165, 1.54) is 23.5 Å². The maximum atomic E-state index is 12.8. The Kier molecular flexibility index (Phi) is 3.86. The number of rotatable bonds is 3. The minimum atomic E-state index is -0.316. The van der Waals surface area contributed by atoms with Crippen LogP contribution in [0.15, 0.2) is 41.9 Å². The van der Waals surface area contributed by atoms with Crippen LogP contribution in [0.1, 0.15) is 5.56 Å². The molecule has 0 atom stereocenters. The molecule has 3 aromatic rings. The van der Waals surface area contributed by atoms with Crippen molar-refractivity contribution in [2.75, 3.05) is 5.32 Å². The number of aromatic nitrogens is 1. The number of anilines is 1. The maximum Gasteiger partial charge on any atom is 0.228 e. The number of nitrogens with zero attached hydrogens (tertiary/aromatic N) is 1. The second-order valence-corrected chi connectivity index (χ2v) is 5.74. The molecule has 0 unspecified atom stereocenters. The van der Waals surface area contributed by atoms with Crippen LogP contribution in [0.25, 0.3) is 10.2 Å². The highest BCUT2D eigenvalue weighted by Gasteiger charge is 2.10. The van der Waals surface area contributed by atoms with Gasteiger partial charge >= 0.3 is 0 Å². The fourth-order valence-electron chi connectivity index (χ4n) is 2.00. The SMILES string of the molecule is O=C(Cc1ccc(F)cc1)Nc1ccc(Cl)c2ncsc12. The van der Waals surface area contributed by atoms with Crippen molar-refractivity contribution in [2.45, 2.75) is 6.42 Å². The molecule has 1 amide bonds. The zero-order valence-corrected chi connectivity index (χ0v) is 12.3. The molecule has 0 bridgehead atoms. The molecule has 0 saturated carbocycles. The van der Waals surface area contributed by atoms with Crippen LogP contribution in [0.2, 0.25) is 5.02 Å². The number of halogens is 2. The average molecular weight is 321 g/mol. The number of hydrogen-bond donors (Lipinski definition) is 1. The van der Waals surface area contributed by atoms with Gasteiger partial charge in [0.1, 0.15) is 11.3 Å². The highest BCUT2D eigenvalue weighted by molar-refractivity contribution is 7.17. The van der Waals surface area contributed by atoms with Gasteiger partial charge in [-0.3, -0.25) is 4.79 Å². The van der Waals surface area contributed by atoms with Gasteiger partial charge in [-0.1, -0.05) is 23.7 Å². The summed E-state index contributed by atoms with van der Waals surface area (Å²) in [4.78, 5) is 16.2. The Morgan fingerprint density at radius 2 is 2.00 bits per heavy atom. The highest BCUT2D eigenvalue weighted by Crippen LogP contribution is 2.32. The Bertz CT molecular complexity index is 801. The van der Waals surface area contributed by atoms with Gasteiger partial charge in [0.2, 0.25) is 5.91 Å². The van der Waals surface area contributed by atoms with Crippen molar-refractivity contribution in [3.63, 3.8) is 0 Å². The third-order valence-corrected chi connectivity index (χ3v) is 4.15. The van der Waals surface area contributed by atoms with Gasteiger partial charge in [0.05, 0.1) is 27.3 Å². The first kappa shape index (κ1) is 14.0. The van der Waals surface area contributed by atoms with Crippen molar-refractivity contribution in [3.8, 4) is 0 Å². The lowest BCUT2D eigenvalue weighted by atomic mass is 10.1. The molecular weight excluding hydrogens is 311 g/mol. The average Bonchev–Trinajstić information content (AvgIpc) is 2.95. The van der Waals surface area contributed by atoms with Crippen molar-refractivity contribution >= 4 is 44.7 Å². The van der Waals surface area contributed by atoms with Gasteiger partial charge in [-0.2, -0.15) is 0 Å². The number of carbonyl (C=O) groups is 1. The number of hydrogen-bond acceptors (Lipinski definition) is 3. The van der Waals surface area contributed by atoms with E-state index in [4.69, 9.17) is 11.6 Å². The standard InChI is InChI=1S/C15H10ClFN2OS/c16-11-5-6-12(15-14(11)18-8-21-15)19-13(20)7-9-1-3-10(17)4-2-9/h1-6,8H,7H2,(H,19,20). The van der Waals surface area contributed by atoms with E-state index in [0.717, 1.165) is 10.3 Å². The molecule has 3 nitrogen and oxygen atoms in total. The zero-order valence-electron chi connectivity index (χ0n) is 10.8. The largest absolute Gasteiger partial charge is 0.324 e. The van der Waals surface area contributed by atoms with Crippen molar-refractivity contribution in [2.24, 2.45) is 0 Å². The van der Waals surface area contributed by atoms with Crippen LogP contribution in [-0.2, 0) is 11.2 Å². The molecule has 0 aliphatic heterocycles. The van der Waals surface area contributed by atoms with Crippen molar-refractivity contribution in [3.05, 3.63) is 58.3 Å². The molecular formula is C15H10ClFN2OS. The first-order chi connectivity index (χ1) is 10.1. The molecule has 0 aliphatic carbocycles. The van der Waals surface area contributed by atoms with E-state index in [1.807, 2.05) is 0 Å². The van der Waals surface area contributed by atoms with Crippen LogP contribution in [0.5, 0.6) is 0 Å². The van der Waals surface area contributed by atoms with Gasteiger partial charge in [-0.05, 0) is 29.8 Å². The van der Waals surface area contributed by atoms with Gasteiger partial charge in [-0.25, -0.2) is 9.37 Å². The smallest absolute Gasteiger partial charge is 0.228 e. The van der Waals surface area contributed by atoms with E-state index in [2.05, 4.69) is 10.3 Å². The fraction of sp³-hybridized carbons (Fsp3) is 0.0667. The van der Waals surface area contributed by atoms with Crippen molar-refractivity contribution < 1.29 is 9.18 Å². The number of nitrogens with one attached hydrogen (secondary N) is 1. The molecule has 0 saturated heterocycles. The quantitative estimate of drug-likeness (QED) is 0.783. The Labute approximate surface area is 129 Å². The summed E-state index contributed by atoms with van der Waals surface area (Å²) in [6.07, 6.45) is 0.184.